The molecule has 0 nitrogen and oxygen atoms in total. The van der Waals surface area contributed by atoms with Gasteiger partial charge in [-0.2, -0.15) is 0 Å². The van der Waals surface area contributed by atoms with Crippen LogP contribution in [0, 0.1) is 6.58 Å². The van der Waals surface area contributed by atoms with Crippen LogP contribution in [-0.2, 0) is 0 Å². The molecule has 0 bridgehead atoms. The van der Waals surface area contributed by atoms with Crippen molar-refractivity contribution in [1.82, 2.24) is 0 Å². The fraction of sp³-hybridized carbons (Fsp3) is 0.545. The van der Waals surface area contributed by atoms with Crippen LogP contribution in [0.1, 0.15) is 39.0 Å². The zero-order valence-corrected chi connectivity index (χ0v) is 7.34. The van der Waals surface area contributed by atoms with Crippen molar-refractivity contribution in [3.05, 3.63) is 30.5 Å². The Morgan fingerprint density at radius 2 is 1.91 bits per heavy atom. The van der Waals surface area contributed by atoms with Crippen LogP contribution in [-0.4, -0.2) is 0 Å². The summed E-state index contributed by atoms with van der Waals surface area (Å²) in [6, 6.07) is 0. The molecule has 0 unspecified atom stereocenters. The summed E-state index contributed by atoms with van der Waals surface area (Å²) in [6.45, 7) is 7.23. The molecule has 0 rings (SSSR count). The highest BCUT2D eigenvalue weighted by Gasteiger charge is 1.81. The molecule has 0 aromatic heterocycles. The molecule has 0 saturated heterocycles. The Kier molecular flexibility index (Phi) is 8.64. The smallest absolute Gasteiger partial charge is 0.0126 e. The Morgan fingerprint density at radius 3 is 2.55 bits per heavy atom. The Hall–Kier alpha value is -0.740. The maximum Gasteiger partial charge on any atom is -0.0126 e. The van der Waals surface area contributed by atoms with E-state index >= 15 is 0 Å². The van der Waals surface area contributed by atoms with Crippen molar-refractivity contribution in [2.45, 2.75) is 39.0 Å². The summed E-state index contributed by atoms with van der Waals surface area (Å²) < 4.78 is 0. The maximum absolute atomic E-state index is 5.07. The minimum Gasteiger partial charge on any atom is -0.125 e. The van der Waals surface area contributed by atoms with Crippen LogP contribution in [0.5, 0.6) is 0 Å². The minimum absolute atomic E-state index is 1.07. The Morgan fingerprint density at radius 1 is 1.18 bits per heavy atom. The molecule has 0 aliphatic carbocycles. The van der Waals surface area contributed by atoms with Crippen LogP contribution in [0.15, 0.2) is 24.0 Å². The lowest BCUT2D eigenvalue weighted by molar-refractivity contribution is 0.761. The van der Waals surface area contributed by atoms with E-state index < -0.39 is 0 Å². The van der Waals surface area contributed by atoms with E-state index in [0.29, 0.717) is 0 Å². The van der Waals surface area contributed by atoms with Crippen molar-refractivity contribution in [2.24, 2.45) is 0 Å². The van der Waals surface area contributed by atoms with Crippen LogP contribution < -0.4 is 0 Å². The molecular formula is C11H17. The molecule has 0 aromatic rings. The summed E-state index contributed by atoms with van der Waals surface area (Å²) in [4.78, 5) is 0. The summed E-state index contributed by atoms with van der Waals surface area (Å²) >= 11 is 0. The molecule has 0 N–H and O–H groups in total. The molecule has 61 valence electrons. The zero-order chi connectivity index (χ0) is 8.36. The van der Waals surface area contributed by atoms with E-state index in [0.717, 1.165) is 12.8 Å². The molecule has 0 heteroatoms. The standard InChI is InChI=1S/C11H17/c1-3-5-7-9-11-10-8-6-4-2/h1,5-6,8H,4,7,9-11H2,2H3. The van der Waals surface area contributed by atoms with E-state index in [1.165, 1.54) is 19.3 Å². The van der Waals surface area contributed by atoms with E-state index in [9.17, 15) is 0 Å². The topological polar surface area (TPSA) is 0 Å². The Labute approximate surface area is 70.3 Å². The monoisotopic (exact) mass is 149 g/mol. The predicted octanol–water partition coefficient (Wildman–Crippen LogP) is 3.66. The zero-order valence-electron chi connectivity index (χ0n) is 7.34. The third-order valence-electron chi connectivity index (χ3n) is 1.49. The van der Waals surface area contributed by atoms with Gasteiger partial charge >= 0.3 is 0 Å². The largest absolute Gasteiger partial charge is 0.125 e. The van der Waals surface area contributed by atoms with Crippen LogP contribution in [0.3, 0.4) is 0 Å². The molecule has 0 fully saturated rings. The number of unbranched alkanes of at least 4 members (excludes halogenated alkanes) is 3. The molecule has 0 atom stereocenters. The van der Waals surface area contributed by atoms with Crippen molar-refractivity contribution >= 4 is 0 Å². The van der Waals surface area contributed by atoms with Crippen molar-refractivity contribution in [2.75, 3.05) is 0 Å². The average Bonchev–Trinajstić information content (AvgIpc) is 2.03. The van der Waals surface area contributed by atoms with Crippen molar-refractivity contribution in [3.8, 4) is 0 Å². The van der Waals surface area contributed by atoms with Gasteiger partial charge in [-0.05, 0) is 44.8 Å². The van der Waals surface area contributed by atoms with E-state index in [2.05, 4.69) is 24.8 Å². The van der Waals surface area contributed by atoms with Gasteiger partial charge in [0.2, 0.25) is 0 Å². The first-order valence-corrected chi connectivity index (χ1v) is 4.34. The first-order valence-electron chi connectivity index (χ1n) is 4.34. The quantitative estimate of drug-likeness (QED) is 0.307. The Balaban J connectivity index is 3.02. The summed E-state index contributed by atoms with van der Waals surface area (Å²) in [6.07, 6.45) is 12.2. The highest BCUT2D eigenvalue weighted by atomic mass is 13.9. The molecule has 1 radical (unpaired) electrons. The molecule has 0 aliphatic heterocycles. The highest BCUT2D eigenvalue weighted by molar-refractivity contribution is 4.80. The van der Waals surface area contributed by atoms with E-state index in [-0.39, 0.29) is 0 Å². The molecule has 11 heavy (non-hydrogen) atoms. The van der Waals surface area contributed by atoms with Gasteiger partial charge in [0.15, 0.2) is 0 Å². The third-order valence-corrected chi connectivity index (χ3v) is 1.49. The lowest BCUT2D eigenvalue weighted by Crippen LogP contribution is -1.71. The molecule has 0 heterocycles. The molecule has 0 saturated carbocycles. The average molecular weight is 149 g/mol. The first kappa shape index (κ1) is 10.3. The summed E-state index contributed by atoms with van der Waals surface area (Å²) in [7, 11) is 0. The molecule has 0 amide bonds. The number of rotatable bonds is 6. The minimum atomic E-state index is 1.07. The van der Waals surface area contributed by atoms with Gasteiger partial charge in [0.05, 0.1) is 0 Å². The first-order chi connectivity index (χ1) is 5.41. The highest BCUT2D eigenvalue weighted by Crippen LogP contribution is 2.01. The fourth-order valence-electron chi connectivity index (χ4n) is 0.876. The Bertz CT molecular complexity index is 136. The fourth-order valence-corrected chi connectivity index (χ4v) is 0.876. The number of hydrogen-bond acceptors (Lipinski definition) is 0. The van der Waals surface area contributed by atoms with Crippen LogP contribution in [0.25, 0.3) is 0 Å². The third kappa shape index (κ3) is 9.26. The molecule has 0 spiro atoms. The molecular weight excluding hydrogens is 132 g/mol. The van der Waals surface area contributed by atoms with Gasteiger partial charge in [-0.3, -0.25) is 0 Å². The summed E-state index contributed by atoms with van der Waals surface area (Å²) in [5, 5.41) is 0. The summed E-state index contributed by atoms with van der Waals surface area (Å²) in [5.74, 6) is 0. The van der Waals surface area contributed by atoms with E-state index in [1.807, 2.05) is 6.08 Å². The number of hydrogen-bond donors (Lipinski definition) is 0. The lowest BCUT2D eigenvalue weighted by Gasteiger charge is -1.90. The van der Waals surface area contributed by atoms with Crippen molar-refractivity contribution in [1.29, 1.82) is 0 Å². The van der Waals surface area contributed by atoms with Crippen LogP contribution in [0.4, 0.5) is 0 Å². The van der Waals surface area contributed by atoms with E-state index in [4.69, 9.17) is 6.58 Å². The van der Waals surface area contributed by atoms with Gasteiger partial charge in [-0.15, -0.1) is 5.73 Å². The predicted molar refractivity (Wildman–Crippen MR) is 50.3 cm³/mol. The van der Waals surface area contributed by atoms with Crippen LogP contribution in [0.2, 0.25) is 0 Å². The van der Waals surface area contributed by atoms with E-state index in [1.54, 1.807) is 0 Å². The SMILES string of the molecule is [CH]=C=CCCCCC=CCC. The molecule has 0 aromatic carbocycles. The van der Waals surface area contributed by atoms with Crippen molar-refractivity contribution < 1.29 is 0 Å². The van der Waals surface area contributed by atoms with Gasteiger partial charge in [-0.25, -0.2) is 0 Å². The van der Waals surface area contributed by atoms with Gasteiger partial charge in [0, 0.05) is 0 Å². The second-order valence-electron chi connectivity index (χ2n) is 2.53. The van der Waals surface area contributed by atoms with Crippen molar-refractivity contribution in [3.63, 3.8) is 0 Å². The van der Waals surface area contributed by atoms with Crippen LogP contribution >= 0.6 is 0 Å². The van der Waals surface area contributed by atoms with Gasteiger partial charge in [-0.1, -0.05) is 19.1 Å². The second kappa shape index (κ2) is 9.26. The molecule has 0 aliphatic rings. The summed E-state index contributed by atoms with van der Waals surface area (Å²) in [5.41, 5.74) is 2.53. The second-order valence-corrected chi connectivity index (χ2v) is 2.53. The van der Waals surface area contributed by atoms with Gasteiger partial charge in [0.25, 0.3) is 0 Å². The maximum atomic E-state index is 5.07. The normalized spacial score (nSPS) is 9.91. The lowest BCUT2D eigenvalue weighted by atomic mass is 10.2. The number of allylic oxidation sites excluding steroid dienone is 3. The van der Waals surface area contributed by atoms with Gasteiger partial charge < -0.3 is 0 Å². The van der Waals surface area contributed by atoms with Gasteiger partial charge in [0.1, 0.15) is 0 Å².